The predicted molar refractivity (Wildman–Crippen MR) is 74.0 cm³/mol. The summed E-state index contributed by atoms with van der Waals surface area (Å²) in [7, 11) is 0. The molecule has 2 heterocycles. The summed E-state index contributed by atoms with van der Waals surface area (Å²) in [4.78, 5) is 3.97. The van der Waals surface area contributed by atoms with Crippen LogP contribution in [0, 0.1) is 0 Å². The summed E-state index contributed by atoms with van der Waals surface area (Å²) in [6.45, 7) is 6.83. The van der Waals surface area contributed by atoms with Crippen molar-refractivity contribution in [2.24, 2.45) is 0 Å². The van der Waals surface area contributed by atoms with Crippen LogP contribution >= 0.6 is 27.3 Å². The Balaban J connectivity index is 1.87. The molecule has 90 valence electrons. The Labute approximate surface area is 110 Å². The lowest BCUT2D eigenvalue weighted by Crippen LogP contribution is -2.36. The van der Waals surface area contributed by atoms with E-state index in [2.05, 4.69) is 44.5 Å². The molecule has 4 heteroatoms. The molecular formula is C12H19BrN2S. The van der Waals surface area contributed by atoms with E-state index >= 15 is 0 Å². The molecule has 2 nitrogen and oxygen atoms in total. The van der Waals surface area contributed by atoms with Crippen LogP contribution in [0.25, 0.3) is 0 Å². The standard InChI is InChI=1S/C12H19BrN2S/c1-2-15(8-10-4-3-6-14-10)9-12-11(13)5-7-16-12/h5,7,10,14H,2-4,6,8-9H2,1H3. The minimum absolute atomic E-state index is 0.707. The molecule has 0 aliphatic carbocycles. The largest absolute Gasteiger partial charge is 0.313 e. The quantitative estimate of drug-likeness (QED) is 0.899. The average molecular weight is 303 g/mol. The third kappa shape index (κ3) is 3.29. The maximum Gasteiger partial charge on any atom is 0.0339 e. The number of rotatable bonds is 5. The number of nitrogens with one attached hydrogen (secondary N) is 1. The molecule has 1 atom stereocenters. The van der Waals surface area contributed by atoms with Crippen molar-refractivity contribution in [3.05, 3.63) is 20.8 Å². The fraction of sp³-hybridized carbons (Fsp3) is 0.667. The second-order valence-electron chi connectivity index (χ2n) is 4.31. The fourth-order valence-electron chi connectivity index (χ4n) is 2.17. The van der Waals surface area contributed by atoms with Gasteiger partial charge in [-0.3, -0.25) is 4.90 Å². The molecule has 1 N–H and O–H groups in total. The lowest BCUT2D eigenvalue weighted by atomic mass is 10.2. The Hall–Kier alpha value is 0.1000. The van der Waals surface area contributed by atoms with Crippen LogP contribution in [-0.4, -0.2) is 30.6 Å². The Morgan fingerprint density at radius 1 is 1.62 bits per heavy atom. The van der Waals surface area contributed by atoms with E-state index in [1.165, 1.54) is 35.3 Å². The van der Waals surface area contributed by atoms with E-state index in [1.807, 2.05) is 11.3 Å². The molecule has 0 bridgehead atoms. The van der Waals surface area contributed by atoms with Crippen molar-refractivity contribution >= 4 is 27.3 Å². The van der Waals surface area contributed by atoms with Crippen LogP contribution in [0.2, 0.25) is 0 Å². The maximum atomic E-state index is 3.60. The molecule has 1 aromatic heterocycles. The Morgan fingerprint density at radius 2 is 2.50 bits per heavy atom. The summed E-state index contributed by atoms with van der Waals surface area (Å²) >= 11 is 5.45. The highest BCUT2D eigenvalue weighted by Crippen LogP contribution is 2.24. The molecule has 0 amide bonds. The molecule has 16 heavy (non-hydrogen) atoms. The van der Waals surface area contributed by atoms with Crippen molar-refractivity contribution in [2.75, 3.05) is 19.6 Å². The zero-order valence-corrected chi connectivity index (χ0v) is 12.1. The van der Waals surface area contributed by atoms with Gasteiger partial charge in [0.15, 0.2) is 0 Å². The molecule has 2 rings (SSSR count). The predicted octanol–water partition coefficient (Wildman–Crippen LogP) is 3.08. The van der Waals surface area contributed by atoms with E-state index in [9.17, 15) is 0 Å². The van der Waals surface area contributed by atoms with Gasteiger partial charge in [0, 0.05) is 28.5 Å². The van der Waals surface area contributed by atoms with E-state index in [0.717, 1.165) is 13.1 Å². The molecule has 0 spiro atoms. The van der Waals surface area contributed by atoms with Crippen molar-refractivity contribution < 1.29 is 0 Å². The molecule has 1 aliphatic heterocycles. The SMILES string of the molecule is CCN(Cc1sccc1Br)CC1CCCN1. The highest BCUT2D eigenvalue weighted by atomic mass is 79.9. The molecule has 1 unspecified atom stereocenters. The van der Waals surface area contributed by atoms with Crippen LogP contribution in [-0.2, 0) is 6.54 Å². The summed E-state index contributed by atoms with van der Waals surface area (Å²) in [6, 6.07) is 2.85. The van der Waals surface area contributed by atoms with E-state index < -0.39 is 0 Å². The second-order valence-corrected chi connectivity index (χ2v) is 6.17. The first-order chi connectivity index (χ1) is 7.79. The van der Waals surface area contributed by atoms with Crippen molar-refractivity contribution in [1.29, 1.82) is 0 Å². The number of thiophene rings is 1. The average Bonchev–Trinajstić information content (AvgIpc) is 2.90. The summed E-state index contributed by atoms with van der Waals surface area (Å²) < 4.78 is 1.26. The molecule has 1 aromatic rings. The van der Waals surface area contributed by atoms with Crippen LogP contribution in [0.1, 0.15) is 24.6 Å². The van der Waals surface area contributed by atoms with Crippen molar-refractivity contribution in [2.45, 2.75) is 32.4 Å². The minimum atomic E-state index is 0.707. The second kappa shape index (κ2) is 6.15. The van der Waals surface area contributed by atoms with Gasteiger partial charge in [0.25, 0.3) is 0 Å². The summed E-state index contributed by atoms with van der Waals surface area (Å²) in [5.41, 5.74) is 0. The summed E-state index contributed by atoms with van der Waals surface area (Å²) in [5, 5.41) is 5.72. The van der Waals surface area contributed by atoms with E-state index in [4.69, 9.17) is 0 Å². The van der Waals surface area contributed by atoms with Gasteiger partial charge in [-0.15, -0.1) is 11.3 Å². The van der Waals surface area contributed by atoms with Crippen molar-refractivity contribution in [3.63, 3.8) is 0 Å². The van der Waals surface area contributed by atoms with Crippen molar-refractivity contribution in [3.8, 4) is 0 Å². The smallest absolute Gasteiger partial charge is 0.0339 e. The Bertz CT molecular complexity index is 321. The van der Waals surface area contributed by atoms with Gasteiger partial charge in [0.2, 0.25) is 0 Å². The van der Waals surface area contributed by atoms with E-state index in [0.29, 0.717) is 6.04 Å². The minimum Gasteiger partial charge on any atom is -0.313 e. The maximum absolute atomic E-state index is 3.60. The highest BCUT2D eigenvalue weighted by Gasteiger charge is 2.17. The Kier molecular flexibility index (Phi) is 4.82. The third-order valence-electron chi connectivity index (χ3n) is 3.15. The van der Waals surface area contributed by atoms with Gasteiger partial charge in [0.1, 0.15) is 0 Å². The van der Waals surface area contributed by atoms with Crippen LogP contribution in [0.4, 0.5) is 0 Å². The van der Waals surface area contributed by atoms with E-state index in [-0.39, 0.29) is 0 Å². The van der Waals surface area contributed by atoms with Gasteiger partial charge < -0.3 is 5.32 Å². The molecule has 0 saturated carbocycles. The zero-order chi connectivity index (χ0) is 11.4. The first-order valence-corrected chi connectivity index (χ1v) is 7.64. The van der Waals surface area contributed by atoms with Gasteiger partial charge in [-0.25, -0.2) is 0 Å². The van der Waals surface area contributed by atoms with Crippen LogP contribution in [0.15, 0.2) is 15.9 Å². The van der Waals surface area contributed by atoms with Crippen LogP contribution < -0.4 is 5.32 Å². The molecule has 0 radical (unpaired) electrons. The topological polar surface area (TPSA) is 15.3 Å². The number of halogens is 1. The molecule has 1 fully saturated rings. The fourth-order valence-corrected chi connectivity index (χ4v) is 3.69. The Morgan fingerprint density at radius 3 is 3.06 bits per heavy atom. The van der Waals surface area contributed by atoms with Crippen LogP contribution in [0.5, 0.6) is 0 Å². The normalized spacial score (nSPS) is 20.8. The molecule has 1 aliphatic rings. The molecule has 1 saturated heterocycles. The first-order valence-electron chi connectivity index (χ1n) is 5.97. The number of likely N-dealkylation sites (N-methyl/N-ethyl adjacent to an activating group) is 1. The first kappa shape index (κ1) is 12.6. The highest BCUT2D eigenvalue weighted by molar-refractivity contribution is 9.10. The van der Waals surface area contributed by atoms with Gasteiger partial charge >= 0.3 is 0 Å². The summed E-state index contributed by atoms with van der Waals surface area (Å²) in [5.74, 6) is 0. The molecule has 0 aromatic carbocycles. The number of hydrogen-bond acceptors (Lipinski definition) is 3. The zero-order valence-electron chi connectivity index (χ0n) is 9.71. The molecular weight excluding hydrogens is 284 g/mol. The summed E-state index contributed by atoms with van der Waals surface area (Å²) in [6.07, 6.45) is 2.67. The van der Waals surface area contributed by atoms with Crippen molar-refractivity contribution in [1.82, 2.24) is 10.2 Å². The number of nitrogens with zero attached hydrogens (tertiary/aromatic N) is 1. The van der Waals surface area contributed by atoms with Gasteiger partial charge in [0.05, 0.1) is 0 Å². The lowest BCUT2D eigenvalue weighted by Gasteiger charge is -2.23. The number of hydrogen-bond donors (Lipinski definition) is 1. The lowest BCUT2D eigenvalue weighted by molar-refractivity contribution is 0.255. The van der Waals surface area contributed by atoms with E-state index in [1.54, 1.807) is 0 Å². The monoisotopic (exact) mass is 302 g/mol. The van der Waals surface area contributed by atoms with Gasteiger partial charge in [-0.05, 0) is 53.3 Å². The third-order valence-corrected chi connectivity index (χ3v) is 5.06. The van der Waals surface area contributed by atoms with Gasteiger partial charge in [-0.2, -0.15) is 0 Å². The van der Waals surface area contributed by atoms with Crippen LogP contribution in [0.3, 0.4) is 0 Å². The van der Waals surface area contributed by atoms with Gasteiger partial charge in [-0.1, -0.05) is 6.92 Å².